The van der Waals surface area contributed by atoms with Gasteiger partial charge >= 0.3 is 16.4 Å². The first-order chi connectivity index (χ1) is 6.22. The molecule has 0 saturated carbocycles. The minimum atomic E-state index is -4.67. The van der Waals surface area contributed by atoms with Gasteiger partial charge in [-0.05, 0) is 13.8 Å². The lowest BCUT2D eigenvalue weighted by atomic mass is 10.3. The van der Waals surface area contributed by atoms with Crippen LogP contribution >= 0.6 is 0 Å². The molecule has 0 aliphatic carbocycles. The highest BCUT2D eigenvalue weighted by molar-refractivity contribution is 7.79. The number of carbonyl (C=O) groups is 1. The summed E-state index contributed by atoms with van der Waals surface area (Å²) in [7, 11) is -4.67. The molecule has 0 aromatic carbocycles. The van der Waals surface area contributed by atoms with Crippen LogP contribution in [-0.2, 0) is 19.9 Å². The molecule has 0 heterocycles. The summed E-state index contributed by atoms with van der Waals surface area (Å²) in [5, 5.41) is 8.27. The van der Waals surface area contributed by atoms with Crippen LogP contribution in [0.25, 0.3) is 0 Å². The molecule has 0 fully saturated rings. The van der Waals surface area contributed by atoms with Crippen molar-refractivity contribution in [2.24, 2.45) is 0 Å². The van der Waals surface area contributed by atoms with Crippen molar-refractivity contribution in [3.8, 4) is 0 Å². The Kier molecular flexibility index (Phi) is 8.01. The van der Waals surface area contributed by atoms with E-state index in [1.165, 1.54) is 6.92 Å². The number of hydrogen-bond donors (Lipinski definition) is 3. The molecule has 3 N–H and O–H groups in total. The van der Waals surface area contributed by atoms with Crippen molar-refractivity contribution in [3.63, 3.8) is 0 Å². The molecule has 0 saturated heterocycles. The lowest BCUT2D eigenvalue weighted by molar-refractivity contribution is -0.138. The molecular formula is C6H12O7S. The first-order valence-corrected chi connectivity index (χ1v) is 4.80. The van der Waals surface area contributed by atoms with Crippen molar-refractivity contribution < 1.29 is 32.2 Å². The summed E-state index contributed by atoms with van der Waals surface area (Å²) in [5.74, 6) is -0.472. The first kappa shape index (κ1) is 15.4. The lowest BCUT2D eigenvalue weighted by Crippen LogP contribution is -2.04. The summed E-state index contributed by atoms with van der Waals surface area (Å²) >= 11 is 0. The summed E-state index contributed by atoms with van der Waals surface area (Å²) < 4.78 is 36.1. The predicted molar refractivity (Wildman–Crippen MR) is 47.2 cm³/mol. The summed E-state index contributed by atoms with van der Waals surface area (Å²) in [4.78, 5) is 10.5. The highest BCUT2D eigenvalue weighted by Gasteiger charge is 2.01. The standard InChI is InChI=1S/C6H10O3.H2O4S/c1-3-9-6(8)5(2)4-7;1-5(2,3)4/h4,7H,3H2,1-2H3;(H2,1,2,3,4). The fourth-order valence-electron chi connectivity index (χ4n) is 0.298. The average Bonchev–Trinajstić information content (AvgIpc) is 2.00. The van der Waals surface area contributed by atoms with Crippen LogP contribution in [0.4, 0.5) is 0 Å². The largest absolute Gasteiger partial charge is 0.515 e. The molecule has 0 unspecified atom stereocenters. The number of aliphatic hydroxyl groups excluding tert-OH is 1. The highest BCUT2D eigenvalue weighted by Crippen LogP contribution is 1.93. The Labute approximate surface area is 81.6 Å². The quantitative estimate of drug-likeness (QED) is 0.270. The second kappa shape index (κ2) is 7.30. The number of carbonyl (C=O) groups excluding carboxylic acids is 1. The Balaban J connectivity index is 0. The molecule has 0 bridgehead atoms. The monoisotopic (exact) mass is 228 g/mol. The van der Waals surface area contributed by atoms with E-state index >= 15 is 0 Å². The van der Waals surface area contributed by atoms with Crippen molar-refractivity contribution >= 4 is 16.4 Å². The first-order valence-electron chi connectivity index (χ1n) is 3.40. The maximum absolute atomic E-state index is 10.5. The van der Waals surface area contributed by atoms with Gasteiger partial charge in [0.25, 0.3) is 0 Å². The summed E-state index contributed by atoms with van der Waals surface area (Å²) in [6.07, 6.45) is 0.734. The van der Waals surface area contributed by atoms with Crippen molar-refractivity contribution in [2.75, 3.05) is 6.61 Å². The van der Waals surface area contributed by atoms with Crippen LogP contribution in [0, 0.1) is 0 Å². The van der Waals surface area contributed by atoms with Crippen LogP contribution in [0.15, 0.2) is 11.8 Å². The molecule has 84 valence electrons. The van der Waals surface area contributed by atoms with E-state index in [-0.39, 0.29) is 5.57 Å². The van der Waals surface area contributed by atoms with Crippen molar-refractivity contribution in [1.29, 1.82) is 0 Å². The zero-order chi connectivity index (χ0) is 11.8. The summed E-state index contributed by atoms with van der Waals surface area (Å²) in [6, 6.07) is 0. The van der Waals surface area contributed by atoms with Crippen molar-refractivity contribution in [2.45, 2.75) is 13.8 Å². The van der Waals surface area contributed by atoms with E-state index in [1.807, 2.05) is 0 Å². The van der Waals surface area contributed by atoms with E-state index in [1.54, 1.807) is 6.92 Å². The van der Waals surface area contributed by atoms with Crippen molar-refractivity contribution in [1.82, 2.24) is 0 Å². The molecule has 0 aromatic heterocycles. The fraction of sp³-hybridized carbons (Fsp3) is 0.500. The fourth-order valence-corrected chi connectivity index (χ4v) is 0.298. The highest BCUT2D eigenvalue weighted by atomic mass is 32.3. The van der Waals surface area contributed by atoms with E-state index < -0.39 is 16.4 Å². The summed E-state index contributed by atoms with van der Waals surface area (Å²) in [5.41, 5.74) is 0.219. The Morgan fingerprint density at radius 1 is 1.43 bits per heavy atom. The van der Waals surface area contributed by atoms with Gasteiger partial charge in [-0.15, -0.1) is 0 Å². The Morgan fingerprint density at radius 3 is 2.00 bits per heavy atom. The predicted octanol–water partition coefficient (Wildman–Crippen LogP) is 0.359. The average molecular weight is 228 g/mol. The zero-order valence-electron chi connectivity index (χ0n) is 7.67. The number of rotatable bonds is 2. The molecule has 0 aliphatic rings. The molecule has 7 nitrogen and oxygen atoms in total. The summed E-state index contributed by atoms with van der Waals surface area (Å²) in [6.45, 7) is 3.53. The van der Waals surface area contributed by atoms with Gasteiger partial charge < -0.3 is 9.84 Å². The Hall–Kier alpha value is -1.12. The molecule has 0 spiro atoms. The van der Waals surface area contributed by atoms with Crippen LogP contribution in [-0.4, -0.2) is 35.2 Å². The molecular weight excluding hydrogens is 216 g/mol. The zero-order valence-corrected chi connectivity index (χ0v) is 8.48. The number of esters is 1. The van der Waals surface area contributed by atoms with Gasteiger partial charge in [0, 0.05) is 0 Å². The number of ether oxygens (including phenoxy) is 1. The third-order valence-corrected chi connectivity index (χ3v) is 0.791. The van der Waals surface area contributed by atoms with E-state index in [0.717, 1.165) is 6.26 Å². The van der Waals surface area contributed by atoms with Crippen molar-refractivity contribution in [3.05, 3.63) is 11.8 Å². The molecule has 0 rings (SSSR count). The van der Waals surface area contributed by atoms with Crippen LogP contribution < -0.4 is 0 Å². The molecule has 14 heavy (non-hydrogen) atoms. The molecule has 8 heteroatoms. The topological polar surface area (TPSA) is 121 Å². The van der Waals surface area contributed by atoms with E-state index in [9.17, 15) is 4.79 Å². The number of hydrogen-bond acceptors (Lipinski definition) is 5. The van der Waals surface area contributed by atoms with E-state index in [4.69, 9.17) is 22.6 Å². The van der Waals surface area contributed by atoms with Gasteiger partial charge in [0.2, 0.25) is 0 Å². The molecule has 0 aliphatic heterocycles. The van der Waals surface area contributed by atoms with Gasteiger partial charge in [-0.1, -0.05) is 0 Å². The van der Waals surface area contributed by atoms with Gasteiger partial charge in [-0.2, -0.15) is 8.42 Å². The third kappa shape index (κ3) is 17.1. The van der Waals surface area contributed by atoms with Gasteiger partial charge in [-0.3, -0.25) is 9.11 Å². The van der Waals surface area contributed by atoms with Crippen LogP contribution in [0.1, 0.15) is 13.8 Å². The van der Waals surface area contributed by atoms with Gasteiger partial charge in [0.1, 0.15) is 0 Å². The van der Waals surface area contributed by atoms with Gasteiger partial charge in [0.05, 0.1) is 18.4 Å². The van der Waals surface area contributed by atoms with Crippen LogP contribution in [0.2, 0.25) is 0 Å². The van der Waals surface area contributed by atoms with Crippen LogP contribution in [0.5, 0.6) is 0 Å². The molecule has 0 amide bonds. The van der Waals surface area contributed by atoms with E-state index in [2.05, 4.69) is 4.74 Å². The minimum absolute atomic E-state index is 0.219. The normalized spacial score (nSPS) is 11.3. The smallest absolute Gasteiger partial charge is 0.394 e. The Morgan fingerprint density at radius 2 is 1.79 bits per heavy atom. The van der Waals surface area contributed by atoms with Gasteiger partial charge in [-0.25, -0.2) is 4.79 Å². The van der Waals surface area contributed by atoms with Crippen LogP contribution in [0.3, 0.4) is 0 Å². The second-order valence-electron chi connectivity index (χ2n) is 1.98. The lowest BCUT2D eigenvalue weighted by Gasteiger charge is -1.97. The number of aliphatic hydroxyl groups is 1. The second-order valence-corrected chi connectivity index (χ2v) is 2.88. The Bertz CT molecular complexity index is 281. The third-order valence-electron chi connectivity index (χ3n) is 0.791. The molecule has 0 atom stereocenters. The van der Waals surface area contributed by atoms with Gasteiger partial charge in [0.15, 0.2) is 0 Å². The maximum atomic E-state index is 10.5. The van der Waals surface area contributed by atoms with E-state index in [0.29, 0.717) is 6.61 Å². The minimum Gasteiger partial charge on any atom is -0.515 e. The SMILES string of the molecule is CCOC(=O)C(C)=CO.O=S(=O)(O)O. The maximum Gasteiger partial charge on any atom is 0.394 e. The molecule has 0 radical (unpaired) electrons. The molecule has 0 aromatic rings.